The Morgan fingerprint density at radius 3 is 2.27 bits per heavy atom. The summed E-state index contributed by atoms with van der Waals surface area (Å²) < 4.78 is 13.2. The van der Waals surface area contributed by atoms with Crippen molar-refractivity contribution in [2.75, 3.05) is 16.4 Å². The number of thioether (sulfide) groups is 1. The number of nitro groups is 1. The number of benzene rings is 3. The van der Waals surface area contributed by atoms with E-state index in [1.807, 2.05) is 0 Å². The summed E-state index contributed by atoms with van der Waals surface area (Å²) >= 11 is 1.23. The van der Waals surface area contributed by atoms with Crippen LogP contribution in [0.2, 0.25) is 0 Å². The topological polar surface area (TPSA) is 101 Å². The van der Waals surface area contributed by atoms with Gasteiger partial charge in [-0.25, -0.2) is 4.39 Å². The number of non-ortho nitro benzene ring substituents is 1. The number of hydrogen-bond donors (Lipinski definition) is 2. The monoisotopic (exact) mass is 425 g/mol. The number of nitrogens with zero attached hydrogens (tertiary/aromatic N) is 1. The third kappa shape index (κ3) is 5.89. The third-order valence-electron chi connectivity index (χ3n) is 3.91. The molecule has 3 rings (SSSR count). The lowest BCUT2D eigenvalue weighted by Gasteiger charge is -2.09. The molecule has 0 aliphatic carbocycles. The first-order valence-corrected chi connectivity index (χ1v) is 9.73. The molecule has 0 aromatic heterocycles. The van der Waals surface area contributed by atoms with Crippen LogP contribution in [0.3, 0.4) is 0 Å². The molecule has 0 saturated heterocycles. The second kappa shape index (κ2) is 9.66. The van der Waals surface area contributed by atoms with Gasteiger partial charge in [0.25, 0.3) is 11.6 Å². The van der Waals surface area contributed by atoms with E-state index < -0.39 is 16.6 Å². The van der Waals surface area contributed by atoms with E-state index in [-0.39, 0.29) is 17.3 Å². The minimum atomic E-state index is -0.488. The number of nitro benzene ring substituents is 1. The van der Waals surface area contributed by atoms with Gasteiger partial charge in [0.05, 0.1) is 10.7 Å². The third-order valence-corrected chi connectivity index (χ3v) is 4.92. The van der Waals surface area contributed by atoms with Gasteiger partial charge in [0, 0.05) is 34.0 Å². The first-order valence-electron chi connectivity index (χ1n) is 8.75. The van der Waals surface area contributed by atoms with Crippen molar-refractivity contribution < 1.29 is 18.9 Å². The van der Waals surface area contributed by atoms with Crippen molar-refractivity contribution in [1.82, 2.24) is 0 Å². The number of hydrogen-bond acceptors (Lipinski definition) is 5. The molecule has 9 heteroatoms. The van der Waals surface area contributed by atoms with Crippen molar-refractivity contribution in [3.63, 3.8) is 0 Å². The van der Waals surface area contributed by atoms with Crippen molar-refractivity contribution >= 4 is 40.6 Å². The van der Waals surface area contributed by atoms with Crippen LogP contribution in [-0.4, -0.2) is 22.5 Å². The van der Waals surface area contributed by atoms with Gasteiger partial charge in [-0.3, -0.25) is 19.7 Å². The highest BCUT2D eigenvalue weighted by molar-refractivity contribution is 8.00. The number of amides is 2. The molecule has 2 N–H and O–H groups in total. The summed E-state index contributed by atoms with van der Waals surface area (Å²) in [6.45, 7) is 0. The molecule has 0 heterocycles. The molecule has 2 amide bonds. The summed E-state index contributed by atoms with van der Waals surface area (Å²) in [6.07, 6.45) is 0. The molecular formula is C21H16FN3O4S. The highest BCUT2D eigenvalue weighted by atomic mass is 32.2. The van der Waals surface area contributed by atoms with E-state index in [4.69, 9.17) is 0 Å². The average Bonchev–Trinajstić information content (AvgIpc) is 2.73. The van der Waals surface area contributed by atoms with Gasteiger partial charge in [-0.05, 0) is 48.5 Å². The number of rotatable bonds is 7. The van der Waals surface area contributed by atoms with Gasteiger partial charge in [-0.2, -0.15) is 0 Å². The number of carbonyl (C=O) groups is 2. The molecule has 3 aromatic carbocycles. The van der Waals surface area contributed by atoms with Crippen LogP contribution in [0, 0.1) is 15.9 Å². The fourth-order valence-electron chi connectivity index (χ4n) is 2.52. The maximum Gasteiger partial charge on any atom is 0.269 e. The van der Waals surface area contributed by atoms with Crippen molar-refractivity contribution in [1.29, 1.82) is 0 Å². The molecule has 152 valence electrons. The van der Waals surface area contributed by atoms with Crippen molar-refractivity contribution in [2.24, 2.45) is 0 Å². The van der Waals surface area contributed by atoms with Gasteiger partial charge in [0.2, 0.25) is 5.91 Å². The van der Waals surface area contributed by atoms with Crippen LogP contribution in [0.15, 0.2) is 77.7 Å². The van der Waals surface area contributed by atoms with Crippen LogP contribution in [-0.2, 0) is 4.79 Å². The van der Waals surface area contributed by atoms with Crippen LogP contribution in [0.1, 0.15) is 10.4 Å². The number of nitrogens with one attached hydrogen (secondary N) is 2. The largest absolute Gasteiger partial charge is 0.325 e. The molecule has 0 unspecified atom stereocenters. The molecule has 3 aromatic rings. The molecular weight excluding hydrogens is 409 g/mol. The van der Waals surface area contributed by atoms with Gasteiger partial charge in [-0.15, -0.1) is 11.8 Å². The molecule has 0 fully saturated rings. The Bertz CT molecular complexity index is 1090. The first-order chi connectivity index (χ1) is 14.4. The summed E-state index contributed by atoms with van der Waals surface area (Å²) in [6, 6.07) is 17.8. The summed E-state index contributed by atoms with van der Waals surface area (Å²) in [7, 11) is 0. The molecule has 0 radical (unpaired) electrons. The van der Waals surface area contributed by atoms with Gasteiger partial charge in [-0.1, -0.05) is 12.1 Å². The second-order valence-electron chi connectivity index (χ2n) is 6.13. The summed E-state index contributed by atoms with van der Waals surface area (Å²) in [5.41, 5.74) is 1.06. The minimum Gasteiger partial charge on any atom is -0.325 e. The molecule has 0 aliphatic heterocycles. The molecule has 0 bridgehead atoms. The van der Waals surface area contributed by atoms with E-state index >= 15 is 0 Å². The smallest absolute Gasteiger partial charge is 0.269 e. The van der Waals surface area contributed by atoms with Gasteiger partial charge >= 0.3 is 0 Å². The molecule has 30 heavy (non-hydrogen) atoms. The summed E-state index contributed by atoms with van der Waals surface area (Å²) in [5, 5.41) is 16.0. The molecule has 0 spiro atoms. The van der Waals surface area contributed by atoms with Gasteiger partial charge in [0.1, 0.15) is 5.82 Å². The van der Waals surface area contributed by atoms with E-state index in [1.165, 1.54) is 48.2 Å². The minimum absolute atomic E-state index is 0.0165. The molecule has 7 nitrogen and oxygen atoms in total. The first kappa shape index (κ1) is 21.0. The maximum atomic E-state index is 13.2. The van der Waals surface area contributed by atoms with E-state index in [2.05, 4.69) is 10.6 Å². The number of halogens is 1. The number of carbonyl (C=O) groups excluding carboxylic acids is 2. The summed E-state index contributed by atoms with van der Waals surface area (Å²) in [4.78, 5) is 35.4. The standard InChI is InChI=1S/C21H16FN3O4S/c22-15-4-2-6-17(12-15)24-21(27)14-3-1-5-16(11-14)23-20(26)13-30-19-9-7-18(8-10-19)25(28)29/h1-12H,13H2,(H,23,26)(H,24,27). The zero-order chi connectivity index (χ0) is 21.5. The van der Waals surface area contributed by atoms with Crippen LogP contribution < -0.4 is 10.6 Å². The van der Waals surface area contributed by atoms with Crippen molar-refractivity contribution in [3.8, 4) is 0 Å². The van der Waals surface area contributed by atoms with Gasteiger partial charge < -0.3 is 10.6 Å². The summed E-state index contributed by atoms with van der Waals surface area (Å²) in [5.74, 6) is -1.09. The molecule has 0 saturated carbocycles. The lowest BCUT2D eigenvalue weighted by Crippen LogP contribution is -2.16. The highest BCUT2D eigenvalue weighted by Crippen LogP contribution is 2.22. The fraction of sp³-hybridized carbons (Fsp3) is 0.0476. The Hall–Kier alpha value is -3.72. The van der Waals surface area contributed by atoms with E-state index in [9.17, 15) is 24.1 Å². The normalized spacial score (nSPS) is 10.3. The Morgan fingerprint density at radius 1 is 0.933 bits per heavy atom. The molecule has 0 atom stereocenters. The Balaban J connectivity index is 1.56. The lowest BCUT2D eigenvalue weighted by atomic mass is 10.2. The number of anilines is 2. The predicted molar refractivity (Wildman–Crippen MR) is 113 cm³/mol. The zero-order valence-electron chi connectivity index (χ0n) is 15.5. The van der Waals surface area contributed by atoms with Crippen LogP contribution in [0.5, 0.6) is 0 Å². The highest BCUT2D eigenvalue weighted by Gasteiger charge is 2.10. The average molecular weight is 425 g/mol. The lowest BCUT2D eigenvalue weighted by molar-refractivity contribution is -0.384. The van der Waals surface area contributed by atoms with Crippen LogP contribution in [0.4, 0.5) is 21.5 Å². The van der Waals surface area contributed by atoms with Gasteiger partial charge in [0.15, 0.2) is 0 Å². The molecule has 0 aliphatic rings. The van der Waals surface area contributed by atoms with Crippen molar-refractivity contribution in [2.45, 2.75) is 4.90 Å². The Kier molecular flexibility index (Phi) is 6.76. The van der Waals surface area contributed by atoms with E-state index in [0.717, 1.165) is 4.90 Å². The maximum absolute atomic E-state index is 13.2. The fourth-order valence-corrected chi connectivity index (χ4v) is 3.22. The second-order valence-corrected chi connectivity index (χ2v) is 7.18. The van der Waals surface area contributed by atoms with Crippen LogP contribution in [0.25, 0.3) is 0 Å². The SMILES string of the molecule is O=C(CSc1ccc([N+](=O)[O-])cc1)Nc1cccc(C(=O)Nc2cccc(F)c2)c1. The Labute approximate surface area is 175 Å². The Morgan fingerprint density at radius 2 is 1.60 bits per heavy atom. The van der Waals surface area contributed by atoms with E-state index in [1.54, 1.807) is 36.4 Å². The van der Waals surface area contributed by atoms with Crippen LogP contribution >= 0.6 is 11.8 Å². The van der Waals surface area contributed by atoms with E-state index in [0.29, 0.717) is 16.9 Å². The zero-order valence-corrected chi connectivity index (χ0v) is 16.3. The predicted octanol–water partition coefficient (Wildman–Crippen LogP) is 4.72. The quantitative estimate of drug-likeness (QED) is 0.324. The van der Waals surface area contributed by atoms with Crippen molar-refractivity contribution in [3.05, 3.63) is 94.3 Å².